The summed E-state index contributed by atoms with van der Waals surface area (Å²) in [5, 5.41) is 11.1. The molecule has 1 aromatic rings. The Kier molecular flexibility index (Phi) is 8.13. The van der Waals surface area contributed by atoms with Crippen molar-refractivity contribution in [1.29, 1.82) is 0 Å². The molecule has 122 valence electrons. The van der Waals surface area contributed by atoms with Gasteiger partial charge in [-0.15, -0.1) is 0 Å². The Hall–Kier alpha value is -1.96. The lowest BCUT2D eigenvalue weighted by molar-refractivity contribution is -0.385. The summed E-state index contributed by atoms with van der Waals surface area (Å²) in [4.78, 5) is 12.6. The van der Waals surface area contributed by atoms with Gasteiger partial charge in [-0.3, -0.25) is 10.1 Å². The number of methoxy groups -OCH3 is 1. The van der Waals surface area contributed by atoms with Crippen LogP contribution in [0.2, 0.25) is 0 Å². The van der Waals surface area contributed by atoms with Crippen molar-refractivity contribution in [2.75, 3.05) is 41.2 Å². The number of hydrogen-bond acceptors (Lipinski definition) is 6. The molecule has 0 radical (unpaired) electrons. The highest BCUT2D eigenvalue weighted by Gasteiger charge is 2.15. The number of nitro benzene ring substituents is 1. The second kappa shape index (κ2) is 9.88. The zero-order valence-corrected chi connectivity index (χ0v) is 13.2. The minimum Gasteiger partial charge on any atom is -0.383 e. The quantitative estimate of drug-likeness (QED) is 0.286. The molecule has 0 aliphatic carbocycles. The number of ether oxygens (including phenoxy) is 3. The van der Waals surface area contributed by atoms with E-state index in [2.05, 4.69) is 0 Å². The van der Waals surface area contributed by atoms with E-state index < -0.39 is 4.92 Å². The lowest BCUT2D eigenvalue weighted by Crippen LogP contribution is -2.07. The first-order valence-electron chi connectivity index (χ1n) is 6.81. The molecule has 0 saturated carbocycles. The van der Waals surface area contributed by atoms with Gasteiger partial charge < -0.3 is 19.1 Å². The highest BCUT2D eigenvalue weighted by atomic mass is 16.7. The molecule has 0 aliphatic heterocycles. The summed E-state index contributed by atoms with van der Waals surface area (Å²) in [5.74, 6) is 0. The van der Waals surface area contributed by atoms with E-state index in [-0.39, 0.29) is 19.1 Å². The molecule has 0 heterocycles. The Labute approximate surface area is 130 Å². The number of benzene rings is 1. The molecule has 0 fully saturated rings. The van der Waals surface area contributed by atoms with Crippen LogP contribution in [0.3, 0.4) is 0 Å². The predicted molar refractivity (Wildman–Crippen MR) is 83.3 cm³/mol. The number of rotatable bonds is 10. The van der Waals surface area contributed by atoms with Crippen LogP contribution in [-0.2, 0) is 20.8 Å². The highest BCUT2D eigenvalue weighted by molar-refractivity contribution is 5.64. The molecule has 0 aliphatic rings. The van der Waals surface area contributed by atoms with E-state index >= 15 is 0 Å². The van der Waals surface area contributed by atoms with Gasteiger partial charge in [-0.2, -0.15) is 0 Å². The SMILES string of the molecule is COCCOCOCc1cccc([N+](=O)[O-])c1C=CN(C)C. The summed E-state index contributed by atoms with van der Waals surface area (Å²) in [7, 11) is 5.30. The summed E-state index contributed by atoms with van der Waals surface area (Å²) in [6.07, 6.45) is 3.48. The van der Waals surface area contributed by atoms with Crippen LogP contribution in [0.25, 0.3) is 6.08 Å². The lowest BCUT2D eigenvalue weighted by atomic mass is 10.1. The van der Waals surface area contributed by atoms with Gasteiger partial charge in [0.15, 0.2) is 0 Å². The molecular formula is C15H22N2O5. The zero-order valence-electron chi connectivity index (χ0n) is 13.2. The van der Waals surface area contributed by atoms with Crippen molar-refractivity contribution in [3.05, 3.63) is 45.6 Å². The molecule has 0 unspecified atom stereocenters. The zero-order chi connectivity index (χ0) is 16.4. The van der Waals surface area contributed by atoms with E-state index in [4.69, 9.17) is 14.2 Å². The second-order valence-electron chi connectivity index (χ2n) is 4.75. The summed E-state index contributed by atoms with van der Waals surface area (Å²) < 4.78 is 15.5. The van der Waals surface area contributed by atoms with Crippen molar-refractivity contribution >= 4 is 11.8 Å². The first kappa shape index (κ1) is 18.1. The van der Waals surface area contributed by atoms with Crippen LogP contribution < -0.4 is 0 Å². The molecule has 1 rings (SSSR count). The molecule has 0 amide bonds. The second-order valence-corrected chi connectivity index (χ2v) is 4.75. The van der Waals surface area contributed by atoms with Crippen molar-refractivity contribution in [1.82, 2.24) is 4.90 Å². The van der Waals surface area contributed by atoms with Crippen LogP contribution in [0.4, 0.5) is 5.69 Å². The fourth-order valence-electron chi connectivity index (χ4n) is 1.71. The monoisotopic (exact) mass is 310 g/mol. The molecule has 0 atom stereocenters. The van der Waals surface area contributed by atoms with Crippen LogP contribution >= 0.6 is 0 Å². The van der Waals surface area contributed by atoms with Crippen molar-refractivity contribution in [3.63, 3.8) is 0 Å². The fourth-order valence-corrected chi connectivity index (χ4v) is 1.71. The molecule has 22 heavy (non-hydrogen) atoms. The van der Waals surface area contributed by atoms with Gasteiger partial charge in [0.05, 0.1) is 30.3 Å². The average molecular weight is 310 g/mol. The first-order chi connectivity index (χ1) is 10.6. The largest absolute Gasteiger partial charge is 0.383 e. The standard InChI is InChI=1S/C15H22N2O5/c1-16(2)8-7-14-13(5-4-6-15(14)17(18)19)11-22-12-21-10-9-20-3/h4-8H,9-12H2,1-3H3. The van der Waals surface area contributed by atoms with Crippen LogP contribution in [-0.4, -0.2) is 51.0 Å². The fraction of sp³-hybridized carbons (Fsp3) is 0.467. The molecule has 0 N–H and O–H groups in total. The lowest BCUT2D eigenvalue weighted by Gasteiger charge is -2.10. The molecular weight excluding hydrogens is 288 g/mol. The van der Waals surface area contributed by atoms with E-state index in [0.717, 1.165) is 5.56 Å². The maximum Gasteiger partial charge on any atom is 0.277 e. The van der Waals surface area contributed by atoms with Crippen LogP contribution in [0, 0.1) is 10.1 Å². The van der Waals surface area contributed by atoms with E-state index in [0.29, 0.717) is 18.8 Å². The van der Waals surface area contributed by atoms with E-state index in [1.807, 2.05) is 19.0 Å². The van der Waals surface area contributed by atoms with Crippen LogP contribution in [0.15, 0.2) is 24.4 Å². The summed E-state index contributed by atoms with van der Waals surface area (Å²) in [5.41, 5.74) is 1.33. The average Bonchev–Trinajstić information content (AvgIpc) is 2.48. The summed E-state index contributed by atoms with van der Waals surface area (Å²) in [6.45, 7) is 1.29. The van der Waals surface area contributed by atoms with Crippen molar-refractivity contribution in [2.45, 2.75) is 6.61 Å². The molecule has 7 heteroatoms. The van der Waals surface area contributed by atoms with Crippen molar-refractivity contribution < 1.29 is 19.1 Å². The van der Waals surface area contributed by atoms with Gasteiger partial charge in [-0.25, -0.2) is 0 Å². The maximum absolute atomic E-state index is 11.1. The Morgan fingerprint density at radius 2 is 2.05 bits per heavy atom. The van der Waals surface area contributed by atoms with Gasteiger partial charge in [0.1, 0.15) is 6.79 Å². The van der Waals surface area contributed by atoms with E-state index in [1.54, 1.807) is 31.5 Å². The van der Waals surface area contributed by atoms with Crippen molar-refractivity contribution in [2.24, 2.45) is 0 Å². The minimum atomic E-state index is -0.395. The molecule has 1 aromatic carbocycles. The Morgan fingerprint density at radius 1 is 1.27 bits per heavy atom. The van der Waals surface area contributed by atoms with E-state index in [9.17, 15) is 10.1 Å². The van der Waals surface area contributed by atoms with Gasteiger partial charge in [0.2, 0.25) is 0 Å². The molecule has 0 aromatic heterocycles. The number of nitrogens with zero attached hydrogens (tertiary/aromatic N) is 2. The Bertz CT molecular complexity index is 503. The Balaban J connectivity index is 2.76. The summed E-state index contributed by atoms with van der Waals surface area (Å²) in [6, 6.07) is 4.93. The van der Waals surface area contributed by atoms with E-state index in [1.165, 1.54) is 6.07 Å². The van der Waals surface area contributed by atoms with Gasteiger partial charge in [0, 0.05) is 27.3 Å². The summed E-state index contributed by atoms with van der Waals surface area (Å²) >= 11 is 0. The third-order valence-electron chi connectivity index (χ3n) is 2.77. The third-order valence-corrected chi connectivity index (χ3v) is 2.77. The normalized spacial score (nSPS) is 11.0. The molecule has 7 nitrogen and oxygen atoms in total. The van der Waals surface area contributed by atoms with Crippen LogP contribution in [0.1, 0.15) is 11.1 Å². The van der Waals surface area contributed by atoms with Gasteiger partial charge in [-0.05, 0) is 17.8 Å². The topological polar surface area (TPSA) is 74.1 Å². The van der Waals surface area contributed by atoms with Gasteiger partial charge in [0.25, 0.3) is 5.69 Å². The molecule has 0 spiro atoms. The third kappa shape index (κ3) is 6.21. The first-order valence-corrected chi connectivity index (χ1v) is 6.81. The van der Waals surface area contributed by atoms with Gasteiger partial charge in [-0.1, -0.05) is 12.1 Å². The predicted octanol–water partition coefficient (Wildman–Crippen LogP) is 2.26. The van der Waals surface area contributed by atoms with Crippen LogP contribution in [0.5, 0.6) is 0 Å². The van der Waals surface area contributed by atoms with Gasteiger partial charge >= 0.3 is 0 Å². The maximum atomic E-state index is 11.1. The minimum absolute atomic E-state index is 0.0551. The number of hydrogen-bond donors (Lipinski definition) is 0. The highest BCUT2D eigenvalue weighted by Crippen LogP contribution is 2.24. The smallest absolute Gasteiger partial charge is 0.277 e. The molecule has 0 saturated heterocycles. The Morgan fingerprint density at radius 3 is 2.68 bits per heavy atom. The number of nitro groups is 1. The van der Waals surface area contributed by atoms with Crippen molar-refractivity contribution in [3.8, 4) is 0 Å². The molecule has 0 bridgehead atoms.